The van der Waals surface area contributed by atoms with Crippen LogP contribution >= 0.6 is 0 Å². The van der Waals surface area contributed by atoms with Gasteiger partial charge in [0.05, 0.1) is 6.04 Å². The fourth-order valence-corrected chi connectivity index (χ4v) is 4.21. The van der Waals surface area contributed by atoms with Gasteiger partial charge in [-0.2, -0.15) is 0 Å². The lowest BCUT2D eigenvalue weighted by molar-refractivity contribution is -0.136. The molecule has 11 heteroatoms. The highest BCUT2D eigenvalue weighted by Gasteiger charge is 2.29. The van der Waals surface area contributed by atoms with Gasteiger partial charge in [0.2, 0.25) is 11.8 Å². The number of Topliss-reactive ketones (excluding diaryl/α,β-unsaturated/α-hetero) is 1. The second-order valence-electron chi connectivity index (χ2n) is 10.1. The number of carbonyl (C=O) groups is 6. The molecule has 0 spiro atoms. The van der Waals surface area contributed by atoms with E-state index in [4.69, 9.17) is 5.73 Å². The van der Waals surface area contributed by atoms with Gasteiger partial charge >= 0.3 is 6.03 Å². The summed E-state index contributed by atoms with van der Waals surface area (Å²) in [6.45, 7) is 6.07. The van der Waals surface area contributed by atoms with E-state index in [0.717, 1.165) is 10.5 Å². The summed E-state index contributed by atoms with van der Waals surface area (Å²) < 4.78 is 0. The lowest BCUT2D eigenvalue weighted by Gasteiger charge is -2.24. The maximum Gasteiger partial charge on any atom is 0.312 e. The normalized spacial score (nSPS) is 14.3. The molecular formula is C28H39N5O6. The second-order valence-corrected chi connectivity index (χ2v) is 10.1. The molecule has 1 aromatic carbocycles. The van der Waals surface area contributed by atoms with E-state index in [1.54, 1.807) is 12.1 Å². The standard InChI is InChI=1S/C28H39N5O6/c1-18(2)26(32-23(35)8-4-5-16-33-24(36)13-14-25(33)37)22(34)17-20(7-6-15-30-28(29)39)27(38)31-21-11-9-19(3)10-12-21/h9-14,18,20,26H,4-8,15-17H2,1-3H3,(H,31,38)(H,32,35)(H3,29,30,39)/t20-,26+/m1/s1. The average molecular weight is 542 g/mol. The number of nitrogens with two attached hydrogens (primary N) is 1. The summed E-state index contributed by atoms with van der Waals surface area (Å²) in [4.78, 5) is 74.3. The van der Waals surface area contributed by atoms with E-state index < -0.39 is 18.0 Å². The topological polar surface area (TPSA) is 168 Å². The number of urea groups is 1. The fourth-order valence-electron chi connectivity index (χ4n) is 4.21. The molecule has 0 radical (unpaired) electrons. The average Bonchev–Trinajstić information content (AvgIpc) is 3.19. The summed E-state index contributed by atoms with van der Waals surface area (Å²) in [5, 5.41) is 8.13. The Bertz CT molecular complexity index is 1060. The van der Waals surface area contributed by atoms with Gasteiger partial charge < -0.3 is 21.7 Å². The van der Waals surface area contributed by atoms with Crippen LogP contribution in [0, 0.1) is 18.8 Å². The maximum atomic E-state index is 13.3. The van der Waals surface area contributed by atoms with Crippen molar-refractivity contribution in [1.82, 2.24) is 15.5 Å². The number of hydrogen-bond acceptors (Lipinski definition) is 6. The Balaban J connectivity index is 1.94. The molecule has 0 bridgehead atoms. The van der Waals surface area contributed by atoms with Gasteiger partial charge in [-0.3, -0.25) is 28.9 Å². The minimum absolute atomic E-state index is 0.0798. The van der Waals surface area contributed by atoms with Crippen molar-refractivity contribution in [3.63, 3.8) is 0 Å². The third kappa shape index (κ3) is 10.7. The van der Waals surface area contributed by atoms with E-state index in [1.807, 2.05) is 32.9 Å². The Morgan fingerprint density at radius 3 is 2.18 bits per heavy atom. The molecule has 0 saturated heterocycles. The molecule has 0 aliphatic carbocycles. The summed E-state index contributed by atoms with van der Waals surface area (Å²) in [6, 6.07) is 5.86. The highest BCUT2D eigenvalue weighted by Crippen LogP contribution is 2.19. The number of nitrogens with zero attached hydrogens (tertiary/aromatic N) is 1. The minimum atomic E-state index is -0.776. The third-order valence-electron chi connectivity index (χ3n) is 6.43. The zero-order chi connectivity index (χ0) is 28.9. The van der Waals surface area contributed by atoms with Gasteiger partial charge in [0.1, 0.15) is 0 Å². The molecule has 2 atom stereocenters. The van der Waals surface area contributed by atoms with Gasteiger partial charge in [0.15, 0.2) is 5.78 Å². The van der Waals surface area contributed by atoms with Crippen LogP contribution in [0.2, 0.25) is 0 Å². The van der Waals surface area contributed by atoms with Crippen LogP contribution in [-0.2, 0) is 24.0 Å². The Morgan fingerprint density at radius 2 is 1.59 bits per heavy atom. The largest absolute Gasteiger partial charge is 0.352 e. The first-order valence-electron chi connectivity index (χ1n) is 13.2. The van der Waals surface area contributed by atoms with Crippen molar-refractivity contribution in [2.75, 3.05) is 18.4 Å². The van der Waals surface area contributed by atoms with E-state index in [-0.39, 0.29) is 61.3 Å². The highest BCUT2D eigenvalue weighted by atomic mass is 16.2. The maximum absolute atomic E-state index is 13.3. The molecule has 2 rings (SSSR count). The van der Waals surface area contributed by atoms with Crippen LogP contribution < -0.4 is 21.7 Å². The third-order valence-corrected chi connectivity index (χ3v) is 6.43. The van der Waals surface area contributed by atoms with Crippen molar-refractivity contribution >= 4 is 41.1 Å². The molecular weight excluding hydrogens is 502 g/mol. The predicted molar refractivity (Wildman–Crippen MR) is 146 cm³/mol. The first kappa shape index (κ1) is 31.2. The molecule has 0 aromatic heterocycles. The van der Waals surface area contributed by atoms with Crippen LogP contribution in [-0.4, -0.2) is 59.5 Å². The van der Waals surface area contributed by atoms with Crippen molar-refractivity contribution in [2.24, 2.45) is 17.6 Å². The number of ketones is 1. The van der Waals surface area contributed by atoms with E-state index in [1.165, 1.54) is 12.2 Å². The highest BCUT2D eigenvalue weighted by molar-refractivity contribution is 6.12. The van der Waals surface area contributed by atoms with Crippen molar-refractivity contribution < 1.29 is 28.8 Å². The Morgan fingerprint density at radius 1 is 0.949 bits per heavy atom. The number of benzene rings is 1. The second kappa shape index (κ2) is 15.4. The number of nitrogens with one attached hydrogen (secondary N) is 3. The Hall–Kier alpha value is -4.02. The van der Waals surface area contributed by atoms with Crippen molar-refractivity contribution in [1.29, 1.82) is 0 Å². The molecule has 6 amide bonds. The number of imide groups is 1. The Kier molecular flexibility index (Phi) is 12.3. The van der Waals surface area contributed by atoms with Crippen LogP contribution in [0.4, 0.5) is 10.5 Å². The molecule has 1 heterocycles. The summed E-state index contributed by atoms with van der Waals surface area (Å²) in [7, 11) is 0. The van der Waals surface area contributed by atoms with Gasteiger partial charge in [-0.1, -0.05) is 31.5 Å². The molecule has 39 heavy (non-hydrogen) atoms. The number of anilines is 1. The SMILES string of the molecule is Cc1ccc(NC(=O)[C@H](CCCNC(N)=O)CC(=O)[C@@H](NC(=O)CCCCN2C(=O)C=CC2=O)C(C)C)cc1. The Labute approximate surface area is 228 Å². The van der Waals surface area contributed by atoms with Crippen molar-refractivity contribution in [2.45, 2.75) is 65.3 Å². The van der Waals surface area contributed by atoms with Gasteiger partial charge in [-0.25, -0.2) is 4.79 Å². The molecule has 5 N–H and O–H groups in total. The van der Waals surface area contributed by atoms with Crippen molar-refractivity contribution in [3.05, 3.63) is 42.0 Å². The lowest BCUT2D eigenvalue weighted by Crippen LogP contribution is -2.45. The van der Waals surface area contributed by atoms with Crippen molar-refractivity contribution in [3.8, 4) is 0 Å². The smallest absolute Gasteiger partial charge is 0.312 e. The number of rotatable bonds is 16. The number of primary amides is 1. The van der Waals surface area contributed by atoms with E-state index >= 15 is 0 Å². The first-order valence-corrected chi connectivity index (χ1v) is 13.2. The summed E-state index contributed by atoms with van der Waals surface area (Å²) in [5.41, 5.74) is 6.77. The molecule has 212 valence electrons. The minimum Gasteiger partial charge on any atom is -0.352 e. The van der Waals surface area contributed by atoms with E-state index in [9.17, 15) is 28.8 Å². The quantitative estimate of drug-likeness (QED) is 0.185. The van der Waals surface area contributed by atoms with Crippen LogP contribution in [0.5, 0.6) is 0 Å². The molecule has 1 aromatic rings. The van der Waals surface area contributed by atoms with E-state index in [2.05, 4.69) is 16.0 Å². The van der Waals surface area contributed by atoms with Gasteiger partial charge in [0, 0.05) is 49.7 Å². The van der Waals surface area contributed by atoms with Crippen LogP contribution in [0.1, 0.15) is 57.9 Å². The monoisotopic (exact) mass is 541 g/mol. The molecule has 0 unspecified atom stereocenters. The fraction of sp³-hybridized carbons (Fsp3) is 0.500. The van der Waals surface area contributed by atoms with Crippen LogP contribution in [0.15, 0.2) is 36.4 Å². The molecule has 0 fully saturated rings. The summed E-state index contributed by atoms with van der Waals surface area (Å²) in [6.07, 6.45) is 4.18. The first-order chi connectivity index (χ1) is 18.5. The lowest BCUT2D eigenvalue weighted by atomic mass is 9.89. The number of aryl methyl sites for hydroxylation is 1. The molecule has 0 saturated carbocycles. The van der Waals surface area contributed by atoms with Gasteiger partial charge in [0.25, 0.3) is 11.8 Å². The number of amides is 6. The molecule has 1 aliphatic rings. The van der Waals surface area contributed by atoms with E-state index in [0.29, 0.717) is 31.4 Å². The number of unbranched alkanes of at least 4 members (excludes halogenated alkanes) is 1. The summed E-state index contributed by atoms with van der Waals surface area (Å²) in [5.74, 6) is -2.49. The van der Waals surface area contributed by atoms with Crippen LogP contribution in [0.3, 0.4) is 0 Å². The molecule has 11 nitrogen and oxygen atoms in total. The summed E-state index contributed by atoms with van der Waals surface area (Å²) >= 11 is 0. The van der Waals surface area contributed by atoms with Gasteiger partial charge in [-0.15, -0.1) is 0 Å². The number of carbonyl (C=O) groups excluding carboxylic acids is 6. The van der Waals surface area contributed by atoms with Crippen LogP contribution in [0.25, 0.3) is 0 Å². The van der Waals surface area contributed by atoms with Gasteiger partial charge in [-0.05, 0) is 50.7 Å². The number of hydrogen-bond donors (Lipinski definition) is 4. The zero-order valence-electron chi connectivity index (χ0n) is 22.8. The zero-order valence-corrected chi connectivity index (χ0v) is 22.8. The molecule has 1 aliphatic heterocycles. The predicted octanol–water partition coefficient (Wildman–Crippen LogP) is 2.19.